The number of benzene rings is 2. The van der Waals surface area contributed by atoms with E-state index >= 15 is 0 Å². The standard InChI is InChI=1S/C24H24N2O3/c1-25(2)15-9-11-19-21(13-15)29-22-14-16(26(3)4)10-12-20(22)23(19)17-7-5-6-8-18(17)24(27)28/h5-13,22H,14H2,1-4H3/p+1. The monoisotopic (exact) mass is 389 g/mol. The van der Waals surface area contributed by atoms with Gasteiger partial charge in [0.05, 0.1) is 12.0 Å². The Labute approximate surface area is 170 Å². The van der Waals surface area contributed by atoms with Crippen molar-refractivity contribution in [2.75, 3.05) is 33.1 Å². The van der Waals surface area contributed by atoms with E-state index in [1.54, 1.807) is 12.1 Å². The molecule has 1 unspecified atom stereocenters. The van der Waals surface area contributed by atoms with Crippen LogP contribution in [0.1, 0.15) is 27.9 Å². The van der Waals surface area contributed by atoms with Crippen molar-refractivity contribution in [3.05, 3.63) is 76.9 Å². The summed E-state index contributed by atoms with van der Waals surface area (Å²) in [6.07, 6.45) is 4.75. The van der Waals surface area contributed by atoms with Gasteiger partial charge in [0.25, 0.3) is 0 Å². The predicted molar refractivity (Wildman–Crippen MR) is 115 cm³/mol. The van der Waals surface area contributed by atoms with Gasteiger partial charge < -0.3 is 14.7 Å². The molecule has 1 aliphatic carbocycles. The van der Waals surface area contributed by atoms with Crippen molar-refractivity contribution in [2.45, 2.75) is 12.5 Å². The molecule has 0 aromatic heterocycles. The van der Waals surface area contributed by atoms with Crippen LogP contribution in [0.25, 0.3) is 5.57 Å². The summed E-state index contributed by atoms with van der Waals surface area (Å²) in [6.45, 7) is 0. The van der Waals surface area contributed by atoms with E-state index in [4.69, 9.17) is 4.74 Å². The van der Waals surface area contributed by atoms with Gasteiger partial charge in [-0.2, -0.15) is 0 Å². The SMILES string of the molecule is CN(C)c1ccc2c(c1)OC1CC(=[N+](C)C)C=CC1=C2c1ccccc1C(=O)O. The summed E-state index contributed by atoms with van der Waals surface area (Å²) in [6, 6.07) is 13.3. The zero-order chi connectivity index (χ0) is 20.7. The predicted octanol–water partition coefficient (Wildman–Crippen LogP) is 3.69. The number of hydrogen-bond acceptors (Lipinski definition) is 3. The third-order valence-electron chi connectivity index (χ3n) is 5.51. The van der Waals surface area contributed by atoms with Crippen molar-refractivity contribution in [3.63, 3.8) is 0 Å². The van der Waals surface area contributed by atoms with Gasteiger partial charge in [-0.1, -0.05) is 18.2 Å². The van der Waals surface area contributed by atoms with Gasteiger partial charge in [0, 0.05) is 48.6 Å². The van der Waals surface area contributed by atoms with E-state index in [9.17, 15) is 9.90 Å². The van der Waals surface area contributed by atoms with Crippen molar-refractivity contribution in [3.8, 4) is 5.75 Å². The second-order valence-corrected chi connectivity index (χ2v) is 7.79. The fourth-order valence-electron chi connectivity index (χ4n) is 3.93. The quantitative estimate of drug-likeness (QED) is 0.814. The lowest BCUT2D eigenvalue weighted by Crippen LogP contribution is -2.32. The topological polar surface area (TPSA) is 52.8 Å². The number of carboxylic acid groups (broad SMARTS) is 1. The Morgan fingerprint density at radius 3 is 2.55 bits per heavy atom. The van der Waals surface area contributed by atoms with Crippen molar-refractivity contribution in [1.82, 2.24) is 0 Å². The van der Waals surface area contributed by atoms with E-state index in [0.717, 1.165) is 40.1 Å². The second-order valence-electron chi connectivity index (χ2n) is 7.79. The number of aromatic carboxylic acids is 1. The molecule has 1 atom stereocenters. The summed E-state index contributed by atoms with van der Waals surface area (Å²) in [5.74, 6) is -0.142. The fourth-order valence-corrected chi connectivity index (χ4v) is 3.93. The summed E-state index contributed by atoms with van der Waals surface area (Å²) < 4.78 is 8.52. The van der Waals surface area contributed by atoms with E-state index < -0.39 is 5.97 Å². The highest BCUT2D eigenvalue weighted by atomic mass is 16.5. The average Bonchev–Trinajstić information content (AvgIpc) is 2.70. The summed E-state index contributed by atoms with van der Waals surface area (Å²) in [5, 5.41) is 9.78. The Hall–Kier alpha value is -3.34. The Morgan fingerprint density at radius 1 is 1.10 bits per heavy atom. The molecule has 0 spiro atoms. The first-order valence-electron chi connectivity index (χ1n) is 9.63. The third kappa shape index (κ3) is 3.33. The second kappa shape index (κ2) is 7.24. The number of carboxylic acids is 1. The average molecular weight is 389 g/mol. The molecule has 29 heavy (non-hydrogen) atoms. The molecule has 0 bridgehead atoms. The van der Waals surface area contributed by atoms with Gasteiger partial charge in [-0.15, -0.1) is 0 Å². The lowest BCUT2D eigenvalue weighted by molar-refractivity contribution is -0.465. The van der Waals surface area contributed by atoms with E-state index in [2.05, 4.69) is 16.7 Å². The first-order chi connectivity index (χ1) is 13.9. The highest BCUT2D eigenvalue weighted by Gasteiger charge is 2.34. The molecule has 1 heterocycles. The van der Waals surface area contributed by atoms with Gasteiger partial charge >= 0.3 is 5.97 Å². The Balaban J connectivity index is 2.00. The molecule has 4 rings (SSSR count). The van der Waals surface area contributed by atoms with Crippen LogP contribution in [0.3, 0.4) is 0 Å². The molecule has 2 aromatic carbocycles. The molecule has 5 nitrogen and oxygen atoms in total. The minimum Gasteiger partial charge on any atom is -0.484 e. The van der Waals surface area contributed by atoms with E-state index in [1.807, 2.05) is 63.4 Å². The Bertz CT molecular complexity index is 1090. The first-order valence-corrected chi connectivity index (χ1v) is 9.63. The number of hydrogen-bond donors (Lipinski definition) is 1. The summed E-state index contributed by atoms with van der Waals surface area (Å²) >= 11 is 0. The molecular formula is C24H25N2O3+. The molecule has 0 saturated carbocycles. The van der Waals surface area contributed by atoms with Gasteiger partial charge in [-0.25, -0.2) is 9.37 Å². The van der Waals surface area contributed by atoms with Gasteiger partial charge in [0.1, 0.15) is 25.9 Å². The molecule has 148 valence electrons. The highest BCUT2D eigenvalue weighted by molar-refractivity contribution is 6.02. The van der Waals surface area contributed by atoms with Crippen molar-refractivity contribution >= 4 is 22.9 Å². The summed E-state index contributed by atoms with van der Waals surface area (Å²) in [5.41, 5.74) is 6.13. The molecular weight excluding hydrogens is 364 g/mol. The fraction of sp³-hybridized carbons (Fsp3) is 0.250. The van der Waals surface area contributed by atoms with Crippen LogP contribution >= 0.6 is 0 Å². The van der Waals surface area contributed by atoms with Crippen LogP contribution in [0.4, 0.5) is 5.69 Å². The molecule has 1 N–H and O–H groups in total. The van der Waals surface area contributed by atoms with Crippen LogP contribution < -0.4 is 9.64 Å². The van der Waals surface area contributed by atoms with Crippen molar-refractivity contribution < 1.29 is 19.2 Å². The Kier molecular flexibility index (Phi) is 4.74. The molecule has 0 amide bonds. The number of carbonyl (C=O) groups is 1. The van der Waals surface area contributed by atoms with Crippen LogP contribution in [0.5, 0.6) is 5.75 Å². The van der Waals surface area contributed by atoms with Crippen LogP contribution in [0, 0.1) is 0 Å². The number of ether oxygens (including phenoxy) is 1. The van der Waals surface area contributed by atoms with E-state index in [1.165, 1.54) is 5.71 Å². The number of fused-ring (bicyclic) bond motifs is 2. The molecule has 5 heteroatoms. The maximum absolute atomic E-state index is 11.9. The van der Waals surface area contributed by atoms with Crippen LogP contribution in [-0.4, -0.2) is 55.7 Å². The van der Waals surface area contributed by atoms with Crippen molar-refractivity contribution in [1.29, 1.82) is 0 Å². The van der Waals surface area contributed by atoms with Gasteiger partial charge in [0.15, 0.2) is 5.71 Å². The maximum atomic E-state index is 11.9. The lowest BCUT2D eigenvalue weighted by Gasteiger charge is -2.33. The van der Waals surface area contributed by atoms with Crippen LogP contribution in [-0.2, 0) is 0 Å². The molecule has 2 aromatic rings. The minimum absolute atomic E-state index is 0.154. The third-order valence-corrected chi connectivity index (χ3v) is 5.51. The number of anilines is 1. The van der Waals surface area contributed by atoms with E-state index in [-0.39, 0.29) is 6.10 Å². The molecule has 0 fully saturated rings. The molecule has 0 saturated heterocycles. The minimum atomic E-state index is -0.927. The number of nitrogens with zero attached hydrogens (tertiary/aromatic N) is 2. The summed E-state index contributed by atoms with van der Waals surface area (Å²) in [4.78, 5) is 14.0. The van der Waals surface area contributed by atoms with Gasteiger partial charge in [-0.3, -0.25) is 0 Å². The normalized spacial score (nSPS) is 17.4. The molecule has 0 radical (unpaired) electrons. The van der Waals surface area contributed by atoms with E-state index in [0.29, 0.717) is 5.56 Å². The lowest BCUT2D eigenvalue weighted by atomic mass is 9.82. The zero-order valence-corrected chi connectivity index (χ0v) is 17.1. The molecule has 2 aliphatic rings. The number of rotatable bonds is 3. The smallest absolute Gasteiger partial charge is 0.336 e. The van der Waals surface area contributed by atoms with Crippen molar-refractivity contribution in [2.24, 2.45) is 0 Å². The number of allylic oxidation sites excluding steroid dienone is 1. The maximum Gasteiger partial charge on any atom is 0.336 e. The summed E-state index contributed by atoms with van der Waals surface area (Å²) in [7, 11) is 8.04. The molecule has 1 aliphatic heterocycles. The largest absolute Gasteiger partial charge is 0.484 e. The highest BCUT2D eigenvalue weighted by Crippen LogP contribution is 2.44. The Morgan fingerprint density at radius 2 is 1.86 bits per heavy atom. The van der Waals surface area contributed by atoms with Gasteiger partial charge in [-0.05, 0) is 29.8 Å². The first kappa shape index (κ1) is 19.0. The van der Waals surface area contributed by atoms with Crippen LogP contribution in [0.15, 0.2) is 60.2 Å². The zero-order valence-electron chi connectivity index (χ0n) is 17.1. The van der Waals surface area contributed by atoms with Crippen LogP contribution in [0.2, 0.25) is 0 Å². The van der Waals surface area contributed by atoms with Gasteiger partial charge in [0.2, 0.25) is 0 Å².